The topological polar surface area (TPSA) is 73.3 Å². The summed E-state index contributed by atoms with van der Waals surface area (Å²) in [4.78, 5) is 20.3. The summed E-state index contributed by atoms with van der Waals surface area (Å²) >= 11 is 1.48. The SMILES string of the molecule is COCC(=O)Oc1cccc(Nc2nc(-c3ccccn3)cs2)c1. The van der Waals surface area contributed by atoms with E-state index < -0.39 is 5.97 Å². The van der Waals surface area contributed by atoms with Crippen LogP contribution in [0.4, 0.5) is 10.8 Å². The molecule has 7 heteroatoms. The van der Waals surface area contributed by atoms with Gasteiger partial charge in [0.05, 0.1) is 5.69 Å². The number of rotatable bonds is 6. The third-order valence-corrected chi connectivity index (χ3v) is 3.77. The molecule has 1 N–H and O–H groups in total. The van der Waals surface area contributed by atoms with Crippen molar-refractivity contribution in [2.45, 2.75) is 0 Å². The first-order valence-electron chi connectivity index (χ1n) is 7.18. The Balaban J connectivity index is 1.70. The third kappa shape index (κ3) is 4.15. The monoisotopic (exact) mass is 341 g/mol. The zero-order valence-electron chi connectivity index (χ0n) is 12.9. The van der Waals surface area contributed by atoms with Crippen molar-refractivity contribution < 1.29 is 14.3 Å². The minimum absolute atomic E-state index is 0.0857. The van der Waals surface area contributed by atoms with E-state index in [1.807, 2.05) is 29.6 Å². The van der Waals surface area contributed by atoms with Crippen LogP contribution < -0.4 is 10.1 Å². The summed E-state index contributed by atoms with van der Waals surface area (Å²) in [5.41, 5.74) is 2.41. The highest BCUT2D eigenvalue weighted by atomic mass is 32.1. The lowest BCUT2D eigenvalue weighted by Gasteiger charge is -2.06. The van der Waals surface area contributed by atoms with Gasteiger partial charge in [-0.2, -0.15) is 0 Å². The lowest BCUT2D eigenvalue weighted by molar-refractivity contribution is -0.138. The fourth-order valence-corrected chi connectivity index (χ4v) is 2.73. The molecule has 0 aliphatic rings. The number of thiazole rings is 1. The zero-order valence-corrected chi connectivity index (χ0v) is 13.7. The molecule has 0 amide bonds. The average molecular weight is 341 g/mol. The lowest BCUT2D eigenvalue weighted by Crippen LogP contribution is -2.14. The quantitative estimate of drug-likeness (QED) is 0.546. The van der Waals surface area contributed by atoms with Crippen LogP contribution in [0.2, 0.25) is 0 Å². The molecule has 0 aliphatic carbocycles. The number of aromatic nitrogens is 2. The summed E-state index contributed by atoms with van der Waals surface area (Å²) < 4.78 is 9.92. The highest BCUT2D eigenvalue weighted by Gasteiger charge is 2.07. The summed E-state index contributed by atoms with van der Waals surface area (Å²) in [6.45, 7) is -0.0857. The minimum atomic E-state index is -0.443. The predicted molar refractivity (Wildman–Crippen MR) is 92.6 cm³/mol. The maximum Gasteiger partial charge on any atom is 0.337 e. The molecule has 3 rings (SSSR count). The van der Waals surface area contributed by atoms with Crippen molar-refractivity contribution in [1.82, 2.24) is 9.97 Å². The Bertz CT molecular complexity index is 821. The maximum absolute atomic E-state index is 11.5. The number of benzene rings is 1. The van der Waals surface area contributed by atoms with Gasteiger partial charge >= 0.3 is 5.97 Å². The molecule has 0 fully saturated rings. The molecule has 0 atom stereocenters. The van der Waals surface area contributed by atoms with Crippen LogP contribution in [0.1, 0.15) is 0 Å². The predicted octanol–water partition coefficient (Wildman–Crippen LogP) is 3.50. The number of hydrogen-bond acceptors (Lipinski definition) is 7. The second-order valence-electron chi connectivity index (χ2n) is 4.81. The molecule has 0 aliphatic heterocycles. The van der Waals surface area contributed by atoms with E-state index in [0.717, 1.165) is 22.2 Å². The van der Waals surface area contributed by atoms with Crippen LogP contribution >= 0.6 is 11.3 Å². The maximum atomic E-state index is 11.5. The van der Waals surface area contributed by atoms with Gasteiger partial charge in [-0.25, -0.2) is 9.78 Å². The van der Waals surface area contributed by atoms with Crippen molar-refractivity contribution in [2.24, 2.45) is 0 Å². The summed E-state index contributed by atoms with van der Waals surface area (Å²) in [6, 6.07) is 12.8. The van der Waals surface area contributed by atoms with E-state index in [-0.39, 0.29) is 6.61 Å². The molecule has 1 aromatic carbocycles. The van der Waals surface area contributed by atoms with E-state index in [2.05, 4.69) is 15.3 Å². The normalized spacial score (nSPS) is 10.4. The molecule has 3 aromatic rings. The van der Waals surface area contributed by atoms with Crippen LogP contribution in [0, 0.1) is 0 Å². The molecular formula is C17H15N3O3S. The van der Waals surface area contributed by atoms with Gasteiger partial charge in [0, 0.05) is 30.4 Å². The number of ether oxygens (including phenoxy) is 2. The van der Waals surface area contributed by atoms with Crippen LogP contribution in [-0.2, 0) is 9.53 Å². The first kappa shape index (κ1) is 16.1. The highest BCUT2D eigenvalue weighted by molar-refractivity contribution is 7.14. The number of carbonyl (C=O) groups excluding carboxylic acids is 1. The Morgan fingerprint density at radius 1 is 1.21 bits per heavy atom. The lowest BCUT2D eigenvalue weighted by atomic mass is 10.3. The van der Waals surface area contributed by atoms with Gasteiger partial charge in [0.1, 0.15) is 18.1 Å². The Hall–Kier alpha value is -2.77. The molecule has 0 saturated carbocycles. The average Bonchev–Trinajstić information content (AvgIpc) is 3.05. The van der Waals surface area contributed by atoms with E-state index >= 15 is 0 Å². The number of nitrogens with zero attached hydrogens (tertiary/aromatic N) is 2. The number of hydrogen-bond donors (Lipinski definition) is 1. The van der Waals surface area contributed by atoms with Crippen molar-refractivity contribution in [2.75, 3.05) is 19.0 Å². The fraction of sp³-hybridized carbons (Fsp3) is 0.118. The molecule has 0 spiro atoms. The standard InChI is InChI=1S/C17H15N3O3S/c1-22-10-16(21)23-13-6-4-5-12(9-13)19-17-20-15(11-24-17)14-7-2-3-8-18-14/h2-9,11H,10H2,1H3,(H,19,20). The van der Waals surface area contributed by atoms with E-state index in [0.29, 0.717) is 5.75 Å². The Morgan fingerprint density at radius 3 is 2.92 bits per heavy atom. The largest absolute Gasteiger partial charge is 0.425 e. The van der Waals surface area contributed by atoms with Gasteiger partial charge in [0.15, 0.2) is 5.13 Å². The number of methoxy groups -OCH3 is 1. The van der Waals surface area contributed by atoms with Gasteiger partial charge in [-0.3, -0.25) is 4.98 Å². The molecule has 0 unspecified atom stereocenters. The zero-order chi connectivity index (χ0) is 16.8. The number of nitrogens with one attached hydrogen (secondary N) is 1. The molecular weight excluding hydrogens is 326 g/mol. The Morgan fingerprint density at radius 2 is 2.12 bits per heavy atom. The van der Waals surface area contributed by atoms with Gasteiger partial charge in [-0.05, 0) is 24.3 Å². The van der Waals surface area contributed by atoms with E-state index in [9.17, 15) is 4.79 Å². The number of pyridine rings is 1. The Labute approximate surface area is 143 Å². The summed E-state index contributed by atoms with van der Waals surface area (Å²) in [7, 11) is 1.45. The van der Waals surface area contributed by atoms with E-state index in [4.69, 9.17) is 9.47 Å². The molecule has 0 saturated heterocycles. The minimum Gasteiger partial charge on any atom is -0.425 e. The second kappa shape index (κ2) is 7.67. The summed E-state index contributed by atoms with van der Waals surface area (Å²) in [5.74, 6) is 0.00453. The molecule has 0 bridgehead atoms. The fourth-order valence-electron chi connectivity index (χ4n) is 2.00. The van der Waals surface area contributed by atoms with E-state index in [1.165, 1.54) is 18.4 Å². The first-order chi connectivity index (χ1) is 11.7. The van der Waals surface area contributed by atoms with Crippen LogP contribution in [0.25, 0.3) is 11.4 Å². The van der Waals surface area contributed by atoms with Crippen LogP contribution in [0.5, 0.6) is 5.75 Å². The molecule has 0 radical (unpaired) electrons. The van der Waals surface area contributed by atoms with Crippen LogP contribution in [0.3, 0.4) is 0 Å². The molecule has 2 heterocycles. The van der Waals surface area contributed by atoms with Crippen molar-refractivity contribution >= 4 is 28.1 Å². The third-order valence-electron chi connectivity index (χ3n) is 3.01. The smallest absolute Gasteiger partial charge is 0.337 e. The Kier molecular flexibility index (Phi) is 5.15. The number of carbonyl (C=O) groups is 1. The van der Waals surface area contributed by atoms with Crippen LogP contribution in [0.15, 0.2) is 54.0 Å². The molecule has 24 heavy (non-hydrogen) atoms. The van der Waals surface area contributed by atoms with Gasteiger partial charge in [-0.1, -0.05) is 12.1 Å². The van der Waals surface area contributed by atoms with Crippen molar-refractivity contribution in [3.05, 3.63) is 54.0 Å². The molecule has 122 valence electrons. The number of esters is 1. The van der Waals surface area contributed by atoms with Crippen LogP contribution in [-0.4, -0.2) is 29.7 Å². The number of anilines is 2. The first-order valence-corrected chi connectivity index (χ1v) is 8.06. The summed E-state index contributed by atoms with van der Waals surface area (Å²) in [6.07, 6.45) is 1.74. The molecule has 2 aromatic heterocycles. The van der Waals surface area contributed by atoms with Gasteiger partial charge < -0.3 is 14.8 Å². The van der Waals surface area contributed by atoms with E-state index in [1.54, 1.807) is 24.4 Å². The van der Waals surface area contributed by atoms with Gasteiger partial charge in [0.2, 0.25) is 0 Å². The second-order valence-corrected chi connectivity index (χ2v) is 5.67. The van der Waals surface area contributed by atoms with Crippen molar-refractivity contribution in [3.8, 4) is 17.1 Å². The summed E-state index contributed by atoms with van der Waals surface area (Å²) in [5, 5.41) is 5.87. The molecule has 6 nitrogen and oxygen atoms in total. The van der Waals surface area contributed by atoms with Gasteiger partial charge in [-0.15, -0.1) is 11.3 Å². The van der Waals surface area contributed by atoms with Gasteiger partial charge in [0.25, 0.3) is 0 Å². The van der Waals surface area contributed by atoms with Crippen molar-refractivity contribution in [1.29, 1.82) is 0 Å². The highest BCUT2D eigenvalue weighted by Crippen LogP contribution is 2.27. The van der Waals surface area contributed by atoms with Crippen molar-refractivity contribution in [3.63, 3.8) is 0 Å².